The van der Waals surface area contributed by atoms with Crippen LogP contribution in [0.25, 0.3) is 0 Å². The maximum atomic E-state index is 5.38. The van der Waals surface area contributed by atoms with E-state index >= 15 is 0 Å². The van der Waals surface area contributed by atoms with Crippen LogP contribution in [-0.2, 0) is 4.74 Å². The number of hydrogen-bond donors (Lipinski definition) is 2. The van der Waals surface area contributed by atoms with Crippen molar-refractivity contribution in [1.82, 2.24) is 15.5 Å². The van der Waals surface area contributed by atoms with Crippen molar-refractivity contribution < 1.29 is 9.47 Å². The van der Waals surface area contributed by atoms with E-state index in [9.17, 15) is 0 Å². The molecule has 1 atom stereocenters. The van der Waals surface area contributed by atoms with Crippen LogP contribution in [0.15, 0.2) is 40.9 Å². The van der Waals surface area contributed by atoms with Crippen LogP contribution < -0.4 is 15.4 Å². The van der Waals surface area contributed by atoms with E-state index in [2.05, 4.69) is 50.9 Å². The minimum atomic E-state index is 0. The fraction of sp³-hybridized carbons (Fsp3) is 0.609. The molecule has 30 heavy (non-hydrogen) atoms. The van der Waals surface area contributed by atoms with E-state index in [1.807, 2.05) is 7.05 Å². The molecule has 7 heteroatoms. The second-order valence-electron chi connectivity index (χ2n) is 7.70. The summed E-state index contributed by atoms with van der Waals surface area (Å²) in [5.74, 6) is 1.77. The van der Waals surface area contributed by atoms with Crippen LogP contribution in [0.2, 0.25) is 0 Å². The summed E-state index contributed by atoms with van der Waals surface area (Å²) in [6, 6.07) is 8.82. The first-order chi connectivity index (χ1) is 14.3. The molecule has 0 spiro atoms. The normalized spacial score (nSPS) is 18.7. The molecule has 0 amide bonds. The molecule has 6 nitrogen and oxygen atoms in total. The van der Waals surface area contributed by atoms with E-state index in [1.54, 1.807) is 7.11 Å². The van der Waals surface area contributed by atoms with Gasteiger partial charge in [0.15, 0.2) is 5.96 Å². The molecule has 2 heterocycles. The van der Waals surface area contributed by atoms with Gasteiger partial charge >= 0.3 is 0 Å². The van der Waals surface area contributed by atoms with Gasteiger partial charge < -0.3 is 20.1 Å². The maximum absolute atomic E-state index is 5.38. The lowest BCUT2D eigenvalue weighted by atomic mass is 10.0. The lowest BCUT2D eigenvalue weighted by Crippen LogP contribution is -2.44. The Morgan fingerprint density at radius 1 is 1.17 bits per heavy atom. The van der Waals surface area contributed by atoms with Crippen molar-refractivity contribution >= 4 is 29.9 Å². The number of guanidine groups is 1. The largest absolute Gasteiger partial charge is 0.497 e. The van der Waals surface area contributed by atoms with Gasteiger partial charge in [0.05, 0.1) is 26.4 Å². The summed E-state index contributed by atoms with van der Waals surface area (Å²) >= 11 is 0. The Morgan fingerprint density at radius 3 is 2.57 bits per heavy atom. The average Bonchev–Trinajstić information content (AvgIpc) is 2.80. The van der Waals surface area contributed by atoms with Gasteiger partial charge in [-0.15, -0.1) is 24.0 Å². The third-order valence-electron chi connectivity index (χ3n) is 5.81. The van der Waals surface area contributed by atoms with Gasteiger partial charge in [0.25, 0.3) is 0 Å². The number of piperidine rings is 1. The van der Waals surface area contributed by atoms with E-state index in [0.29, 0.717) is 6.04 Å². The molecule has 3 rings (SSSR count). The highest BCUT2D eigenvalue weighted by Gasteiger charge is 2.22. The van der Waals surface area contributed by atoms with Gasteiger partial charge in [-0.3, -0.25) is 9.89 Å². The van der Waals surface area contributed by atoms with Gasteiger partial charge in [-0.25, -0.2) is 0 Å². The molecular formula is C23H37IN4O2. The van der Waals surface area contributed by atoms with Crippen LogP contribution in [0, 0.1) is 0 Å². The van der Waals surface area contributed by atoms with E-state index in [4.69, 9.17) is 9.47 Å². The first-order valence-electron chi connectivity index (χ1n) is 10.9. The van der Waals surface area contributed by atoms with Crippen LogP contribution in [0.5, 0.6) is 5.75 Å². The zero-order valence-corrected chi connectivity index (χ0v) is 20.7. The van der Waals surface area contributed by atoms with Gasteiger partial charge in [0, 0.05) is 20.1 Å². The Bertz CT molecular complexity index is 672. The molecule has 168 valence electrons. The summed E-state index contributed by atoms with van der Waals surface area (Å²) in [4.78, 5) is 7.02. The first kappa shape index (κ1) is 24.9. The van der Waals surface area contributed by atoms with Crippen molar-refractivity contribution in [2.75, 3.05) is 53.6 Å². The number of methoxy groups -OCH3 is 1. The topological polar surface area (TPSA) is 58.1 Å². The van der Waals surface area contributed by atoms with E-state index in [1.165, 1.54) is 30.4 Å². The van der Waals surface area contributed by atoms with Crippen molar-refractivity contribution in [3.05, 3.63) is 41.5 Å². The summed E-state index contributed by atoms with van der Waals surface area (Å²) < 4.78 is 10.7. The number of nitrogens with one attached hydrogen (secondary N) is 2. The number of halogens is 1. The quantitative estimate of drug-likeness (QED) is 0.233. The highest BCUT2D eigenvalue weighted by molar-refractivity contribution is 14.0. The third kappa shape index (κ3) is 7.74. The SMILES string of the molecule is CN=C(NCCC1=CCOCC1)NCC(c1ccc(OC)cc1)N1CCCCC1.I. The van der Waals surface area contributed by atoms with Gasteiger partial charge in [-0.1, -0.05) is 30.2 Å². The Kier molecular flexibility index (Phi) is 11.5. The van der Waals surface area contributed by atoms with Crippen LogP contribution in [0.3, 0.4) is 0 Å². The number of likely N-dealkylation sites (tertiary alicyclic amines) is 1. The van der Waals surface area contributed by atoms with Crippen molar-refractivity contribution in [3.63, 3.8) is 0 Å². The van der Waals surface area contributed by atoms with Crippen LogP contribution >= 0.6 is 24.0 Å². The minimum absolute atomic E-state index is 0. The number of benzene rings is 1. The zero-order valence-electron chi connectivity index (χ0n) is 18.4. The second kappa shape index (κ2) is 13.9. The third-order valence-corrected chi connectivity index (χ3v) is 5.81. The van der Waals surface area contributed by atoms with Gasteiger partial charge in [-0.2, -0.15) is 0 Å². The van der Waals surface area contributed by atoms with Crippen LogP contribution in [0.1, 0.15) is 43.7 Å². The molecule has 0 aromatic heterocycles. The standard InChI is InChI=1S/C23H36N4O2.HI/c1-24-23(25-13-10-19-11-16-29-17-12-19)26-18-22(27-14-4-3-5-15-27)20-6-8-21(28-2)9-7-20;/h6-9,11,22H,3-5,10,12-18H2,1-2H3,(H2,24,25,26);1H. The Labute approximate surface area is 198 Å². The number of nitrogens with zero attached hydrogens (tertiary/aromatic N) is 2. The van der Waals surface area contributed by atoms with Gasteiger partial charge in [0.2, 0.25) is 0 Å². The fourth-order valence-electron chi connectivity index (χ4n) is 4.06. The highest BCUT2D eigenvalue weighted by Crippen LogP contribution is 2.25. The molecule has 1 unspecified atom stereocenters. The summed E-state index contributed by atoms with van der Waals surface area (Å²) in [7, 11) is 3.55. The summed E-state index contributed by atoms with van der Waals surface area (Å²) in [5, 5.41) is 7.02. The van der Waals surface area contributed by atoms with Crippen molar-refractivity contribution in [2.24, 2.45) is 4.99 Å². The lowest BCUT2D eigenvalue weighted by Gasteiger charge is -2.35. The van der Waals surface area contributed by atoms with Crippen molar-refractivity contribution in [3.8, 4) is 5.75 Å². The Morgan fingerprint density at radius 2 is 1.93 bits per heavy atom. The van der Waals surface area contributed by atoms with Gasteiger partial charge in [-0.05, 0) is 56.5 Å². The van der Waals surface area contributed by atoms with E-state index in [-0.39, 0.29) is 24.0 Å². The van der Waals surface area contributed by atoms with Gasteiger partial charge in [0.1, 0.15) is 5.75 Å². The minimum Gasteiger partial charge on any atom is -0.497 e. The molecule has 2 N–H and O–H groups in total. The molecule has 0 bridgehead atoms. The molecule has 1 aromatic carbocycles. The lowest BCUT2D eigenvalue weighted by molar-refractivity contribution is 0.153. The Hall–Kier alpha value is -1.32. The number of hydrogen-bond acceptors (Lipinski definition) is 4. The fourth-order valence-corrected chi connectivity index (χ4v) is 4.06. The van der Waals surface area contributed by atoms with Crippen molar-refractivity contribution in [1.29, 1.82) is 0 Å². The van der Waals surface area contributed by atoms with E-state index < -0.39 is 0 Å². The smallest absolute Gasteiger partial charge is 0.191 e. The predicted octanol–water partition coefficient (Wildman–Crippen LogP) is 3.74. The van der Waals surface area contributed by atoms with Crippen LogP contribution in [-0.4, -0.2) is 64.4 Å². The highest BCUT2D eigenvalue weighted by atomic mass is 127. The molecule has 0 saturated carbocycles. The maximum Gasteiger partial charge on any atom is 0.191 e. The summed E-state index contributed by atoms with van der Waals surface area (Å²) in [5.41, 5.74) is 2.80. The van der Waals surface area contributed by atoms with Crippen molar-refractivity contribution in [2.45, 2.75) is 38.1 Å². The number of ether oxygens (including phenoxy) is 2. The molecular weight excluding hydrogens is 491 g/mol. The number of aliphatic imine (C=N–C) groups is 1. The molecule has 1 aromatic rings. The summed E-state index contributed by atoms with van der Waals surface area (Å²) in [6.07, 6.45) is 8.18. The zero-order chi connectivity index (χ0) is 20.3. The number of rotatable bonds is 8. The molecule has 2 aliphatic heterocycles. The molecule has 1 saturated heterocycles. The average molecular weight is 528 g/mol. The second-order valence-corrected chi connectivity index (χ2v) is 7.70. The predicted molar refractivity (Wildman–Crippen MR) is 134 cm³/mol. The van der Waals surface area contributed by atoms with Crippen LogP contribution in [0.4, 0.5) is 0 Å². The summed E-state index contributed by atoms with van der Waals surface area (Å²) in [6.45, 7) is 5.63. The molecule has 2 aliphatic rings. The molecule has 0 aliphatic carbocycles. The van der Waals surface area contributed by atoms with E-state index in [0.717, 1.165) is 63.9 Å². The molecule has 1 fully saturated rings. The monoisotopic (exact) mass is 528 g/mol. The Balaban J connectivity index is 0.00000320. The molecule has 0 radical (unpaired) electrons. The first-order valence-corrected chi connectivity index (χ1v) is 10.9.